The zero-order valence-electron chi connectivity index (χ0n) is 14.0. The zero-order chi connectivity index (χ0) is 18.0. The van der Waals surface area contributed by atoms with Gasteiger partial charge in [0.15, 0.2) is 5.41 Å². The molecule has 2 fully saturated rings. The number of rotatable bonds is 5. The van der Waals surface area contributed by atoms with Gasteiger partial charge in [0, 0.05) is 31.6 Å². The molecule has 2 N–H and O–H groups in total. The van der Waals surface area contributed by atoms with Gasteiger partial charge in [0.1, 0.15) is 11.9 Å². The molecule has 1 amide bonds. The molecule has 0 radical (unpaired) electrons. The van der Waals surface area contributed by atoms with Gasteiger partial charge in [-0.3, -0.25) is 9.59 Å². The second kappa shape index (κ2) is 6.95. The maximum absolute atomic E-state index is 13.6. The third kappa shape index (κ3) is 3.30. The Morgan fingerprint density at radius 2 is 2.04 bits per heavy atom. The van der Waals surface area contributed by atoms with Gasteiger partial charge in [0.25, 0.3) is 0 Å². The van der Waals surface area contributed by atoms with Crippen molar-refractivity contribution in [3.8, 4) is 5.88 Å². The van der Waals surface area contributed by atoms with Crippen LogP contribution in [0.15, 0.2) is 12.3 Å². The average Bonchev–Trinajstić information content (AvgIpc) is 2.58. The Hall–Kier alpha value is -2.22. The molecule has 8 heteroatoms. The number of carbonyl (C=O) groups is 2. The highest BCUT2D eigenvalue weighted by Crippen LogP contribution is 2.45. The lowest BCUT2D eigenvalue weighted by molar-refractivity contribution is -0.170. The maximum atomic E-state index is 13.6. The SMILES string of the molecule is COC(=O)C1(C(N)=O)CC(Oc2ncc(F)cc2C2CCOCC2)C1. The Balaban J connectivity index is 1.74. The molecular formula is C17H21FN2O5. The van der Waals surface area contributed by atoms with Crippen LogP contribution in [0.25, 0.3) is 0 Å². The third-order valence-corrected chi connectivity index (χ3v) is 4.98. The first-order chi connectivity index (χ1) is 12.0. The predicted octanol–water partition coefficient (Wildman–Crippen LogP) is 1.30. The molecule has 0 atom stereocenters. The van der Waals surface area contributed by atoms with Crippen molar-refractivity contribution in [3.63, 3.8) is 0 Å². The standard InChI is InChI=1S/C17H21FN2O5/c1-23-16(22)17(15(19)21)7-12(8-17)25-14-13(6-11(18)9-20-14)10-2-4-24-5-3-10/h6,9-10,12H,2-5,7-8H2,1H3,(H2,19,21). The largest absolute Gasteiger partial charge is 0.474 e. The first-order valence-corrected chi connectivity index (χ1v) is 8.24. The van der Waals surface area contributed by atoms with Gasteiger partial charge in [-0.25, -0.2) is 9.37 Å². The Morgan fingerprint density at radius 3 is 2.64 bits per heavy atom. The van der Waals surface area contributed by atoms with Crippen molar-refractivity contribution in [2.75, 3.05) is 20.3 Å². The molecule has 1 aromatic rings. The summed E-state index contributed by atoms with van der Waals surface area (Å²) in [5.74, 6) is -1.37. The number of primary amides is 1. The van der Waals surface area contributed by atoms with Crippen LogP contribution in [0.2, 0.25) is 0 Å². The van der Waals surface area contributed by atoms with Gasteiger partial charge in [0.2, 0.25) is 11.8 Å². The van der Waals surface area contributed by atoms with Crippen LogP contribution in [0.5, 0.6) is 5.88 Å². The third-order valence-electron chi connectivity index (χ3n) is 4.98. The lowest BCUT2D eigenvalue weighted by atomic mass is 9.66. The molecule has 3 rings (SSSR count). The lowest BCUT2D eigenvalue weighted by Crippen LogP contribution is -2.57. The van der Waals surface area contributed by atoms with Crippen LogP contribution < -0.4 is 10.5 Å². The van der Waals surface area contributed by atoms with Crippen molar-refractivity contribution in [2.45, 2.75) is 37.7 Å². The second-order valence-electron chi connectivity index (χ2n) is 6.52. The van der Waals surface area contributed by atoms with Gasteiger partial charge in [-0.05, 0) is 24.8 Å². The van der Waals surface area contributed by atoms with Crippen LogP contribution in [0.4, 0.5) is 4.39 Å². The van der Waals surface area contributed by atoms with Crippen molar-refractivity contribution in [1.82, 2.24) is 4.98 Å². The number of ether oxygens (including phenoxy) is 3. The lowest BCUT2D eigenvalue weighted by Gasteiger charge is -2.42. The quantitative estimate of drug-likeness (QED) is 0.633. The summed E-state index contributed by atoms with van der Waals surface area (Å²) in [7, 11) is 1.21. The van der Waals surface area contributed by atoms with E-state index in [0.717, 1.165) is 19.0 Å². The van der Waals surface area contributed by atoms with Crippen molar-refractivity contribution < 1.29 is 28.2 Å². The van der Waals surface area contributed by atoms with Crippen LogP contribution >= 0.6 is 0 Å². The Kier molecular flexibility index (Phi) is 4.89. The highest BCUT2D eigenvalue weighted by molar-refractivity contribution is 6.03. The Bertz CT molecular complexity index is 669. The molecule has 2 heterocycles. The van der Waals surface area contributed by atoms with E-state index in [9.17, 15) is 14.0 Å². The number of aromatic nitrogens is 1. The summed E-state index contributed by atoms with van der Waals surface area (Å²) in [6.07, 6.45) is 2.48. The monoisotopic (exact) mass is 352 g/mol. The van der Waals surface area contributed by atoms with Crippen LogP contribution in [-0.4, -0.2) is 43.3 Å². The summed E-state index contributed by atoms with van der Waals surface area (Å²) in [5, 5.41) is 0. The van der Waals surface area contributed by atoms with E-state index in [1.807, 2.05) is 0 Å². The van der Waals surface area contributed by atoms with Gasteiger partial charge >= 0.3 is 5.97 Å². The zero-order valence-corrected chi connectivity index (χ0v) is 14.0. The van der Waals surface area contributed by atoms with E-state index in [1.165, 1.54) is 13.2 Å². The van der Waals surface area contributed by atoms with Crippen LogP contribution in [-0.2, 0) is 19.1 Å². The summed E-state index contributed by atoms with van der Waals surface area (Å²) in [5.41, 5.74) is 4.70. The molecule has 0 aromatic carbocycles. The number of pyridine rings is 1. The minimum Gasteiger partial charge on any atom is -0.474 e. The highest BCUT2D eigenvalue weighted by atomic mass is 19.1. The fourth-order valence-electron chi connectivity index (χ4n) is 3.46. The number of carbonyl (C=O) groups excluding carboxylic acids is 2. The number of amides is 1. The summed E-state index contributed by atoms with van der Waals surface area (Å²) in [6, 6.07) is 1.43. The molecule has 7 nitrogen and oxygen atoms in total. The van der Waals surface area contributed by atoms with Gasteiger partial charge < -0.3 is 19.9 Å². The van der Waals surface area contributed by atoms with E-state index in [-0.39, 0.29) is 18.8 Å². The van der Waals surface area contributed by atoms with E-state index in [0.29, 0.717) is 24.7 Å². The van der Waals surface area contributed by atoms with E-state index in [1.54, 1.807) is 0 Å². The normalized spacial score (nSPS) is 26.6. The number of nitrogens with two attached hydrogens (primary N) is 1. The molecule has 1 saturated carbocycles. The van der Waals surface area contributed by atoms with E-state index in [4.69, 9.17) is 15.2 Å². The van der Waals surface area contributed by atoms with Crippen molar-refractivity contribution in [1.29, 1.82) is 0 Å². The number of halogens is 1. The molecule has 0 spiro atoms. The van der Waals surface area contributed by atoms with Gasteiger partial charge in [-0.1, -0.05) is 0 Å². The number of hydrogen-bond acceptors (Lipinski definition) is 6. The topological polar surface area (TPSA) is 101 Å². The summed E-state index contributed by atoms with van der Waals surface area (Å²) < 4.78 is 29.5. The fraction of sp³-hybridized carbons (Fsp3) is 0.588. The molecule has 1 aromatic heterocycles. The molecule has 1 aliphatic carbocycles. The van der Waals surface area contributed by atoms with Gasteiger partial charge in [-0.15, -0.1) is 0 Å². The van der Waals surface area contributed by atoms with Gasteiger partial charge in [0.05, 0.1) is 13.3 Å². The first kappa shape index (κ1) is 17.6. The first-order valence-electron chi connectivity index (χ1n) is 8.24. The van der Waals surface area contributed by atoms with E-state index in [2.05, 4.69) is 9.72 Å². The summed E-state index contributed by atoms with van der Waals surface area (Å²) in [4.78, 5) is 27.6. The highest BCUT2D eigenvalue weighted by Gasteiger charge is 2.57. The van der Waals surface area contributed by atoms with E-state index < -0.39 is 29.2 Å². The molecule has 136 valence electrons. The smallest absolute Gasteiger partial charge is 0.321 e. The molecule has 2 aliphatic rings. The van der Waals surface area contributed by atoms with Crippen molar-refractivity contribution in [2.24, 2.45) is 11.1 Å². The van der Waals surface area contributed by atoms with Crippen molar-refractivity contribution >= 4 is 11.9 Å². The fourth-order valence-corrected chi connectivity index (χ4v) is 3.46. The Labute approximate surface area is 144 Å². The van der Waals surface area contributed by atoms with Crippen LogP contribution in [0.3, 0.4) is 0 Å². The van der Waals surface area contributed by atoms with Crippen LogP contribution in [0, 0.1) is 11.2 Å². The average molecular weight is 352 g/mol. The summed E-state index contributed by atoms with van der Waals surface area (Å²) in [6.45, 7) is 1.22. The molecule has 1 saturated heterocycles. The maximum Gasteiger partial charge on any atom is 0.321 e. The molecule has 0 unspecified atom stereocenters. The van der Waals surface area contributed by atoms with Crippen LogP contribution in [0.1, 0.15) is 37.2 Å². The number of methoxy groups -OCH3 is 1. The number of esters is 1. The minimum atomic E-state index is -1.35. The number of nitrogens with zero attached hydrogens (tertiary/aromatic N) is 1. The summed E-state index contributed by atoms with van der Waals surface area (Å²) >= 11 is 0. The minimum absolute atomic E-state index is 0.105. The predicted molar refractivity (Wildman–Crippen MR) is 84.3 cm³/mol. The van der Waals surface area contributed by atoms with Crippen molar-refractivity contribution in [3.05, 3.63) is 23.6 Å². The van der Waals surface area contributed by atoms with E-state index >= 15 is 0 Å². The molecular weight excluding hydrogens is 331 g/mol. The number of hydrogen-bond donors (Lipinski definition) is 1. The second-order valence-corrected chi connectivity index (χ2v) is 6.52. The molecule has 0 bridgehead atoms. The Morgan fingerprint density at radius 1 is 1.36 bits per heavy atom. The molecule has 1 aliphatic heterocycles. The van der Waals surface area contributed by atoms with Gasteiger partial charge in [-0.2, -0.15) is 0 Å². The molecule has 25 heavy (non-hydrogen) atoms.